The van der Waals surface area contributed by atoms with E-state index >= 15 is 0 Å². The molecular formula is C20H15IN2O5. The van der Waals surface area contributed by atoms with Crippen LogP contribution >= 0.6 is 22.6 Å². The second-order valence-corrected chi connectivity index (χ2v) is 6.73. The number of nitrogens with zero attached hydrogens (tertiary/aromatic N) is 1. The number of hydrazone groups is 1. The lowest BCUT2D eigenvalue weighted by Crippen LogP contribution is -2.17. The van der Waals surface area contributed by atoms with Gasteiger partial charge in [0.2, 0.25) is 5.76 Å². The molecule has 1 aromatic heterocycles. The van der Waals surface area contributed by atoms with Gasteiger partial charge in [-0.25, -0.2) is 10.2 Å². The molecule has 142 valence electrons. The van der Waals surface area contributed by atoms with E-state index in [4.69, 9.17) is 13.9 Å². The van der Waals surface area contributed by atoms with Crippen LogP contribution in [0.1, 0.15) is 26.5 Å². The number of carbonyl (C=O) groups excluding carboxylic acids is 2. The Balaban J connectivity index is 1.67. The van der Waals surface area contributed by atoms with Gasteiger partial charge < -0.3 is 13.9 Å². The van der Waals surface area contributed by atoms with Crippen molar-refractivity contribution in [1.82, 2.24) is 5.43 Å². The van der Waals surface area contributed by atoms with E-state index in [0.717, 1.165) is 3.57 Å². The van der Waals surface area contributed by atoms with E-state index in [2.05, 4.69) is 33.1 Å². The zero-order valence-electron chi connectivity index (χ0n) is 14.7. The summed E-state index contributed by atoms with van der Waals surface area (Å²) in [6, 6.07) is 15.1. The van der Waals surface area contributed by atoms with Gasteiger partial charge in [-0.3, -0.25) is 4.79 Å². The molecular weight excluding hydrogens is 475 g/mol. The van der Waals surface area contributed by atoms with E-state index in [-0.39, 0.29) is 17.4 Å². The predicted molar refractivity (Wildman–Crippen MR) is 111 cm³/mol. The van der Waals surface area contributed by atoms with Crippen molar-refractivity contribution >= 4 is 40.7 Å². The third-order valence-electron chi connectivity index (χ3n) is 3.58. The van der Waals surface area contributed by atoms with Crippen LogP contribution in [0.5, 0.6) is 11.5 Å². The highest BCUT2D eigenvalue weighted by Gasteiger charge is 2.14. The summed E-state index contributed by atoms with van der Waals surface area (Å²) in [5.74, 6) is -0.275. The molecule has 0 aliphatic rings. The second-order valence-electron chi connectivity index (χ2n) is 5.49. The summed E-state index contributed by atoms with van der Waals surface area (Å²) in [5.41, 5.74) is 3.63. The van der Waals surface area contributed by atoms with Crippen LogP contribution < -0.4 is 14.9 Å². The van der Waals surface area contributed by atoms with Crippen LogP contribution in [-0.4, -0.2) is 25.2 Å². The number of methoxy groups -OCH3 is 1. The maximum Gasteiger partial charge on any atom is 0.379 e. The molecule has 0 spiro atoms. The minimum atomic E-state index is -0.630. The van der Waals surface area contributed by atoms with Crippen molar-refractivity contribution in [2.24, 2.45) is 5.10 Å². The molecule has 1 N–H and O–H groups in total. The lowest BCUT2D eigenvalue weighted by molar-refractivity contribution is 0.0696. The molecule has 28 heavy (non-hydrogen) atoms. The van der Waals surface area contributed by atoms with E-state index in [0.29, 0.717) is 16.9 Å². The number of nitrogens with one attached hydrogen (secondary N) is 1. The molecule has 1 heterocycles. The maximum atomic E-state index is 12.1. The first-order valence-corrected chi connectivity index (χ1v) is 9.17. The Bertz CT molecular complexity index is 1020. The number of carbonyl (C=O) groups is 2. The highest BCUT2D eigenvalue weighted by atomic mass is 127. The van der Waals surface area contributed by atoms with Gasteiger partial charge in [-0.15, -0.1) is 0 Å². The Kier molecular flexibility index (Phi) is 6.43. The van der Waals surface area contributed by atoms with Crippen molar-refractivity contribution in [2.45, 2.75) is 0 Å². The number of rotatable bonds is 6. The van der Waals surface area contributed by atoms with E-state index in [1.54, 1.807) is 42.5 Å². The van der Waals surface area contributed by atoms with Gasteiger partial charge in [0, 0.05) is 9.13 Å². The standard InChI is InChI=1S/C20H15IN2O5/c1-26-18-10-13(7-8-16(18)28-20(25)17-6-3-9-27-17)12-22-23-19(24)14-4-2-5-15(21)11-14/h2-12H,1H3,(H,23,24)/b22-12+. The Morgan fingerprint density at radius 2 is 1.96 bits per heavy atom. The largest absolute Gasteiger partial charge is 0.493 e. The Labute approximate surface area is 174 Å². The molecule has 0 aliphatic carbocycles. The predicted octanol–water partition coefficient (Wildman–Crippen LogP) is 3.88. The molecule has 0 saturated carbocycles. The molecule has 0 fully saturated rings. The number of ether oxygens (including phenoxy) is 2. The van der Waals surface area contributed by atoms with Crippen molar-refractivity contribution in [1.29, 1.82) is 0 Å². The number of halogens is 1. The van der Waals surface area contributed by atoms with Crippen LogP contribution in [0.25, 0.3) is 0 Å². The van der Waals surface area contributed by atoms with Gasteiger partial charge in [-0.2, -0.15) is 5.10 Å². The molecule has 1 amide bonds. The average Bonchev–Trinajstić information content (AvgIpc) is 3.24. The fourth-order valence-corrected chi connectivity index (χ4v) is 2.80. The number of hydrogen-bond donors (Lipinski definition) is 1. The zero-order valence-corrected chi connectivity index (χ0v) is 16.9. The van der Waals surface area contributed by atoms with Gasteiger partial charge in [-0.05, 0) is 76.7 Å². The first-order valence-electron chi connectivity index (χ1n) is 8.09. The van der Waals surface area contributed by atoms with Gasteiger partial charge in [0.1, 0.15) is 0 Å². The first kappa shape index (κ1) is 19.6. The molecule has 0 aliphatic heterocycles. The maximum absolute atomic E-state index is 12.1. The van der Waals surface area contributed by atoms with Gasteiger partial charge in [-0.1, -0.05) is 6.07 Å². The molecule has 0 saturated heterocycles. The fourth-order valence-electron chi connectivity index (χ4n) is 2.25. The molecule has 0 atom stereocenters. The van der Waals surface area contributed by atoms with Crippen molar-refractivity contribution in [2.75, 3.05) is 7.11 Å². The summed E-state index contributed by atoms with van der Waals surface area (Å²) in [4.78, 5) is 24.1. The van der Waals surface area contributed by atoms with Crippen LogP contribution in [-0.2, 0) is 0 Å². The first-order chi connectivity index (χ1) is 13.6. The smallest absolute Gasteiger partial charge is 0.379 e. The summed E-state index contributed by atoms with van der Waals surface area (Å²) < 4.78 is 16.5. The summed E-state index contributed by atoms with van der Waals surface area (Å²) in [5, 5.41) is 3.95. The Morgan fingerprint density at radius 3 is 2.68 bits per heavy atom. The lowest BCUT2D eigenvalue weighted by atomic mass is 10.2. The van der Waals surface area contributed by atoms with Crippen molar-refractivity contribution in [3.05, 3.63) is 81.3 Å². The van der Waals surface area contributed by atoms with Gasteiger partial charge in [0.05, 0.1) is 19.6 Å². The number of esters is 1. The third-order valence-corrected chi connectivity index (χ3v) is 4.25. The van der Waals surface area contributed by atoms with Crippen LogP contribution in [0.2, 0.25) is 0 Å². The summed E-state index contributed by atoms with van der Waals surface area (Å²) in [6.45, 7) is 0. The molecule has 8 heteroatoms. The summed E-state index contributed by atoms with van der Waals surface area (Å²) >= 11 is 2.13. The van der Waals surface area contributed by atoms with Gasteiger partial charge in [0.25, 0.3) is 5.91 Å². The highest BCUT2D eigenvalue weighted by Crippen LogP contribution is 2.28. The SMILES string of the molecule is COc1cc(/C=N/NC(=O)c2cccc(I)c2)ccc1OC(=O)c1ccco1. The minimum Gasteiger partial charge on any atom is -0.493 e. The third kappa shape index (κ3) is 4.97. The monoisotopic (exact) mass is 490 g/mol. The molecule has 3 rings (SSSR count). The molecule has 2 aromatic carbocycles. The highest BCUT2D eigenvalue weighted by molar-refractivity contribution is 14.1. The molecule has 0 bridgehead atoms. The number of hydrogen-bond acceptors (Lipinski definition) is 6. The Morgan fingerprint density at radius 1 is 1.11 bits per heavy atom. The zero-order chi connectivity index (χ0) is 19.9. The average molecular weight is 490 g/mol. The number of benzene rings is 2. The van der Waals surface area contributed by atoms with Crippen LogP contribution in [0, 0.1) is 3.57 Å². The Hall–Kier alpha value is -3.14. The molecule has 0 radical (unpaired) electrons. The lowest BCUT2D eigenvalue weighted by Gasteiger charge is -2.09. The van der Waals surface area contributed by atoms with Gasteiger partial charge >= 0.3 is 5.97 Å². The van der Waals surface area contributed by atoms with Crippen LogP contribution in [0.15, 0.2) is 70.4 Å². The topological polar surface area (TPSA) is 90.1 Å². The quantitative estimate of drug-likeness (QED) is 0.186. The van der Waals surface area contributed by atoms with Gasteiger partial charge in [0.15, 0.2) is 11.5 Å². The number of furan rings is 1. The van der Waals surface area contributed by atoms with E-state index in [1.165, 1.54) is 25.7 Å². The summed E-state index contributed by atoms with van der Waals surface area (Å²) in [6.07, 6.45) is 2.85. The van der Waals surface area contributed by atoms with E-state index < -0.39 is 5.97 Å². The van der Waals surface area contributed by atoms with E-state index in [1.807, 2.05) is 6.07 Å². The molecule has 0 unspecified atom stereocenters. The number of amides is 1. The van der Waals surface area contributed by atoms with Crippen molar-refractivity contribution in [3.8, 4) is 11.5 Å². The molecule has 7 nitrogen and oxygen atoms in total. The minimum absolute atomic E-state index is 0.0889. The fraction of sp³-hybridized carbons (Fsp3) is 0.0500. The normalized spacial score (nSPS) is 10.6. The van der Waals surface area contributed by atoms with Crippen molar-refractivity contribution in [3.63, 3.8) is 0 Å². The van der Waals surface area contributed by atoms with Crippen molar-refractivity contribution < 1.29 is 23.5 Å². The second kappa shape index (κ2) is 9.18. The molecule has 3 aromatic rings. The van der Waals surface area contributed by atoms with Crippen LogP contribution in [0.4, 0.5) is 0 Å². The summed E-state index contributed by atoms with van der Waals surface area (Å²) in [7, 11) is 1.46. The van der Waals surface area contributed by atoms with E-state index in [9.17, 15) is 9.59 Å². The van der Waals surface area contributed by atoms with Crippen LogP contribution in [0.3, 0.4) is 0 Å².